The molecular weight excluding hydrogens is 334 g/mol. The first-order valence-electron chi connectivity index (χ1n) is 7.20. The van der Waals surface area contributed by atoms with Gasteiger partial charge >= 0.3 is 5.97 Å². The van der Waals surface area contributed by atoms with Gasteiger partial charge in [0.2, 0.25) is 0 Å². The first kappa shape index (κ1) is 16.2. The number of ether oxygens (including phenoxy) is 1. The highest BCUT2D eigenvalue weighted by molar-refractivity contribution is 7.99. The van der Waals surface area contributed by atoms with Gasteiger partial charge in [-0.05, 0) is 23.8 Å². The van der Waals surface area contributed by atoms with E-state index in [2.05, 4.69) is 5.32 Å². The van der Waals surface area contributed by atoms with Gasteiger partial charge in [0, 0.05) is 16.3 Å². The zero-order valence-electron chi connectivity index (χ0n) is 12.2. The van der Waals surface area contributed by atoms with E-state index in [0.29, 0.717) is 17.4 Å². The molecule has 2 atom stereocenters. The van der Waals surface area contributed by atoms with Crippen molar-refractivity contribution in [3.63, 3.8) is 0 Å². The lowest BCUT2D eigenvalue weighted by atomic mass is 10.2. The molecule has 0 amide bonds. The van der Waals surface area contributed by atoms with Gasteiger partial charge < -0.3 is 9.84 Å². The Bertz CT molecular complexity index is 710. The van der Waals surface area contributed by atoms with Crippen LogP contribution in [0.4, 0.5) is 0 Å². The third-order valence-corrected chi connectivity index (χ3v) is 5.05. The predicted molar refractivity (Wildman–Crippen MR) is 92.0 cm³/mol. The van der Waals surface area contributed by atoms with Gasteiger partial charge in [-0.2, -0.15) is 0 Å². The molecule has 1 aliphatic heterocycles. The van der Waals surface area contributed by atoms with Gasteiger partial charge in [0.1, 0.15) is 18.4 Å². The van der Waals surface area contributed by atoms with Gasteiger partial charge in [-0.3, -0.25) is 10.1 Å². The van der Waals surface area contributed by atoms with Crippen LogP contribution in [0.15, 0.2) is 48.5 Å². The molecule has 2 aromatic carbocycles. The molecule has 120 valence electrons. The molecule has 0 spiro atoms. The van der Waals surface area contributed by atoms with Crippen LogP contribution >= 0.6 is 23.4 Å². The van der Waals surface area contributed by atoms with Crippen molar-refractivity contribution in [3.8, 4) is 5.75 Å². The Kier molecular flexibility index (Phi) is 5.10. The number of nitrogens with one attached hydrogen (secondary N) is 1. The highest BCUT2D eigenvalue weighted by atomic mass is 35.5. The summed E-state index contributed by atoms with van der Waals surface area (Å²) < 4.78 is 5.93. The van der Waals surface area contributed by atoms with Crippen LogP contribution in [0.25, 0.3) is 0 Å². The minimum absolute atomic E-state index is 0.0772. The summed E-state index contributed by atoms with van der Waals surface area (Å²) in [4.78, 5) is 11.1. The summed E-state index contributed by atoms with van der Waals surface area (Å²) in [5.74, 6) is 0.476. The summed E-state index contributed by atoms with van der Waals surface area (Å²) in [6.07, 6.45) is 0. The van der Waals surface area contributed by atoms with E-state index in [1.165, 1.54) is 0 Å². The molecule has 0 unspecified atom stereocenters. The first-order chi connectivity index (χ1) is 11.1. The minimum atomic E-state index is -0.822. The van der Waals surface area contributed by atoms with Crippen LogP contribution in [-0.2, 0) is 11.4 Å². The molecule has 0 aromatic heterocycles. The van der Waals surface area contributed by atoms with Gasteiger partial charge in [-0.15, -0.1) is 11.8 Å². The maximum atomic E-state index is 11.1. The SMILES string of the molecule is O=C(O)[C@H]1CS[C@@H](c2ccccc2OCc2cccc(Cl)c2)N1. The summed E-state index contributed by atoms with van der Waals surface area (Å²) in [7, 11) is 0. The summed E-state index contributed by atoms with van der Waals surface area (Å²) in [6, 6.07) is 14.7. The highest BCUT2D eigenvalue weighted by Gasteiger charge is 2.31. The van der Waals surface area contributed by atoms with Crippen molar-refractivity contribution in [1.82, 2.24) is 5.32 Å². The number of hydrogen-bond donors (Lipinski definition) is 2. The van der Waals surface area contributed by atoms with Gasteiger partial charge in [0.25, 0.3) is 0 Å². The number of carboxylic acid groups (broad SMARTS) is 1. The first-order valence-corrected chi connectivity index (χ1v) is 8.63. The van der Waals surface area contributed by atoms with E-state index in [4.69, 9.17) is 21.4 Å². The van der Waals surface area contributed by atoms with Crippen molar-refractivity contribution in [2.24, 2.45) is 0 Å². The van der Waals surface area contributed by atoms with Gasteiger partial charge in [-0.1, -0.05) is 41.9 Å². The van der Waals surface area contributed by atoms with Crippen LogP contribution in [0.1, 0.15) is 16.5 Å². The zero-order valence-corrected chi connectivity index (χ0v) is 13.8. The number of carbonyl (C=O) groups is 1. The van der Waals surface area contributed by atoms with Crippen molar-refractivity contribution in [2.45, 2.75) is 18.0 Å². The summed E-state index contributed by atoms with van der Waals surface area (Å²) in [6.45, 7) is 0.414. The second kappa shape index (κ2) is 7.25. The van der Waals surface area contributed by atoms with Crippen molar-refractivity contribution in [3.05, 3.63) is 64.7 Å². The Morgan fingerprint density at radius 1 is 1.30 bits per heavy atom. The second-order valence-corrected chi connectivity index (χ2v) is 6.80. The number of para-hydroxylation sites is 1. The van der Waals surface area contributed by atoms with Crippen LogP contribution in [0.5, 0.6) is 5.75 Å². The Balaban J connectivity index is 1.72. The third-order valence-electron chi connectivity index (χ3n) is 3.57. The Morgan fingerprint density at radius 3 is 2.87 bits per heavy atom. The molecular formula is C17H16ClNO3S. The predicted octanol–water partition coefficient (Wildman–Crippen LogP) is 3.71. The lowest BCUT2D eigenvalue weighted by molar-refractivity contribution is -0.138. The quantitative estimate of drug-likeness (QED) is 0.861. The fourth-order valence-electron chi connectivity index (χ4n) is 2.41. The molecule has 1 aliphatic rings. The van der Waals surface area contributed by atoms with E-state index < -0.39 is 12.0 Å². The topological polar surface area (TPSA) is 58.6 Å². The van der Waals surface area contributed by atoms with Crippen LogP contribution in [0.3, 0.4) is 0 Å². The van der Waals surface area contributed by atoms with Gasteiger partial charge in [0.05, 0.1) is 5.37 Å². The smallest absolute Gasteiger partial charge is 0.321 e. The summed E-state index contributed by atoms with van der Waals surface area (Å²) >= 11 is 7.56. The summed E-state index contributed by atoms with van der Waals surface area (Å²) in [5, 5.41) is 12.8. The fourth-order valence-corrected chi connectivity index (χ4v) is 3.88. The molecule has 23 heavy (non-hydrogen) atoms. The molecule has 0 saturated carbocycles. The molecule has 4 nitrogen and oxygen atoms in total. The van der Waals surface area contributed by atoms with Crippen molar-refractivity contribution >= 4 is 29.3 Å². The van der Waals surface area contributed by atoms with E-state index in [1.807, 2.05) is 48.5 Å². The molecule has 1 saturated heterocycles. The largest absolute Gasteiger partial charge is 0.489 e. The van der Waals surface area contributed by atoms with Crippen LogP contribution in [-0.4, -0.2) is 22.9 Å². The summed E-state index contributed by atoms with van der Waals surface area (Å²) in [5.41, 5.74) is 1.95. The lowest BCUT2D eigenvalue weighted by Gasteiger charge is -2.16. The number of hydrogen-bond acceptors (Lipinski definition) is 4. The van der Waals surface area contributed by atoms with Crippen molar-refractivity contribution < 1.29 is 14.6 Å². The number of halogens is 1. The van der Waals surface area contributed by atoms with E-state index >= 15 is 0 Å². The Hall–Kier alpha value is -1.69. The van der Waals surface area contributed by atoms with Crippen molar-refractivity contribution in [1.29, 1.82) is 0 Å². The number of carboxylic acids is 1. The van der Waals surface area contributed by atoms with E-state index in [0.717, 1.165) is 16.9 Å². The molecule has 0 radical (unpaired) electrons. The number of benzene rings is 2. The van der Waals surface area contributed by atoms with Crippen molar-refractivity contribution in [2.75, 3.05) is 5.75 Å². The number of rotatable bonds is 5. The monoisotopic (exact) mass is 349 g/mol. The Morgan fingerprint density at radius 2 is 2.13 bits per heavy atom. The molecule has 3 rings (SSSR count). The zero-order chi connectivity index (χ0) is 16.2. The minimum Gasteiger partial charge on any atom is -0.489 e. The van der Waals surface area contributed by atoms with E-state index in [1.54, 1.807) is 11.8 Å². The van der Waals surface area contributed by atoms with Gasteiger partial charge in [-0.25, -0.2) is 0 Å². The molecule has 1 heterocycles. The van der Waals surface area contributed by atoms with E-state index in [9.17, 15) is 4.79 Å². The molecule has 2 aromatic rings. The molecule has 0 aliphatic carbocycles. The maximum Gasteiger partial charge on any atom is 0.321 e. The maximum absolute atomic E-state index is 11.1. The fraction of sp³-hybridized carbons (Fsp3) is 0.235. The molecule has 6 heteroatoms. The normalized spacial score (nSPS) is 20.4. The Labute approximate surface area is 143 Å². The highest BCUT2D eigenvalue weighted by Crippen LogP contribution is 2.37. The second-order valence-electron chi connectivity index (χ2n) is 5.23. The standard InChI is InChI=1S/C17H16ClNO3S/c18-12-5-3-4-11(8-12)9-22-15-7-2-1-6-13(15)16-19-14(10-23-16)17(20)21/h1-8,14,16,19H,9-10H2,(H,20,21)/t14-,16+/m1/s1. The number of thioether (sulfide) groups is 1. The molecule has 1 fully saturated rings. The molecule has 2 N–H and O–H groups in total. The number of aliphatic carboxylic acids is 1. The average molecular weight is 350 g/mol. The molecule has 0 bridgehead atoms. The van der Waals surface area contributed by atoms with Gasteiger partial charge in [0.15, 0.2) is 0 Å². The van der Waals surface area contributed by atoms with Crippen LogP contribution < -0.4 is 10.1 Å². The average Bonchev–Trinajstić information content (AvgIpc) is 3.03. The van der Waals surface area contributed by atoms with E-state index in [-0.39, 0.29) is 5.37 Å². The third kappa shape index (κ3) is 3.99. The lowest BCUT2D eigenvalue weighted by Crippen LogP contribution is -2.33. The van der Waals surface area contributed by atoms with Crippen LogP contribution in [0, 0.1) is 0 Å². The van der Waals surface area contributed by atoms with Crippen LogP contribution in [0.2, 0.25) is 5.02 Å².